The van der Waals surface area contributed by atoms with Crippen LogP contribution in [0.5, 0.6) is 0 Å². The lowest BCUT2D eigenvalue weighted by molar-refractivity contribution is -0.122. The number of amidine groups is 1. The Morgan fingerprint density at radius 1 is 1.30 bits per heavy atom. The van der Waals surface area contributed by atoms with E-state index in [1.807, 2.05) is 38.4 Å². The maximum Gasteiger partial charge on any atom is 0.266 e. The number of hydrogen-bond donors (Lipinski definition) is 0. The van der Waals surface area contributed by atoms with Crippen LogP contribution in [0.25, 0.3) is 17.0 Å². The zero-order valence-corrected chi connectivity index (χ0v) is 16.5. The Bertz CT molecular complexity index is 1100. The van der Waals surface area contributed by atoms with E-state index < -0.39 is 0 Å². The summed E-state index contributed by atoms with van der Waals surface area (Å²) in [6.45, 7) is 2.48. The van der Waals surface area contributed by atoms with Crippen LogP contribution < -0.4 is 0 Å². The third-order valence-electron chi connectivity index (χ3n) is 4.39. The first kappa shape index (κ1) is 17.8. The van der Waals surface area contributed by atoms with Gasteiger partial charge in [-0.05, 0) is 36.9 Å². The summed E-state index contributed by atoms with van der Waals surface area (Å²) < 4.78 is 2.06. The third-order valence-corrected chi connectivity index (χ3v) is 5.68. The van der Waals surface area contributed by atoms with E-state index in [-0.39, 0.29) is 5.91 Å². The van der Waals surface area contributed by atoms with Crippen LogP contribution in [0.1, 0.15) is 12.5 Å². The number of thioether (sulfide) groups is 1. The molecule has 1 saturated heterocycles. The van der Waals surface area contributed by atoms with Crippen molar-refractivity contribution >= 4 is 57.1 Å². The molecule has 0 bridgehead atoms. The van der Waals surface area contributed by atoms with Gasteiger partial charge < -0.3 is 4.57 Å². The Balaban J connectivity index is 1.75. The van der Waals surface area contributed by atoms with E-state index in [0.717, 1.165) is 16.5 Å². The van der Waals surface area contributed by atoms with Crippen molar-refractivity contribution in [3.63, 3.8) is 0 Å². The fourth-order valence-electron chi connectivity index (χ4n) is 3.06. The van der Waals surface area contributed by atoms with Crippen LogP contribution in [-0.4, -0.2) is 32.1 Å². The molecule has 0 saturated carbocycles. The Kier molecular flexibility index (Phi) is 4.76. The molecule has 7 heteroatoms. The number of aromatic nitrogens is 2. The number of para-hydroxylation sites is 1. The number of carbonyl (C=O) groups is 1. The number of hydrogen-bond acceptors (Lipinski definition) is 4. The minimum absolute atomic E-state index is 0.0423. The number of halogens is 1. The molecule has 5 nitrogen and oxygen atoms in total. The van der Waals surface area contributed by atoms with Gasteiger partial charge in [0.25, 0.3) is 5.91 Å². The minimum Gasteiger partial charge on any atom is -0.350 e. The zero-order valence-electron chi connectivity index (χ0n) is 14.9. The van der Waals surface area contributed by atoms with Crippen LogP contribution in [0.15, 0.2) is 58.8 Å². The summed E-state index contributed by atoms with van der Waals surface area (Å²) in [6.07, 6.45) is 7.16. The summed E-state index contributed by atoms with van der Waals surface area (Å²) in [6, 6.07) is 9.88. The molecule has 1 aromatic carbocycles. The van der Waals surface area contributed by atoms with E-state index in [9.17, 15) is 4.79 Å². The topological polar surface area (TPSA) is 50.5 Å². The van der Waals surface area contributed by atoms with E-state index >= 15 is 0 Å². The molecule has 1 aliphatic heterocycles. The van der Waals surface area contributed by atoms with Gasteiger partial charge in [0.1, 0.15) is 0 Å². The average Bonchev–Trinajstić information content (AvgIpc) is 3.14. The van der Waals surface area contributed by atoms with Gasteiger partial charge in [0, 0.05) is 48.6 Å². The number of carbonyl (C=O) groups excluding carboxylic acids is 1. The molecule has 0 spiro atoms. The quantitative estimate of drug-likeness (QED) is 0.594. The van der Waals surface area contributed by atoms with Gasteiger partial charge in [-0.3, -0.25) is 14.7 Å². The summed E-state index contributed by atoms with van der Waals surface area (Å²) in [4.78, 5) is 23.7. The fraction of sp³-hybridized carbons (Fsp3) is 0.150. The van der Waals surface area contributed by atoms with Crippen molar-refractivity contribution in [2.24, 2.45) is 12.0 Å². The van der Waals surface area contributed by atoms with Crippen molar-refractivity contribution in [2.75, 3.05) is 6.54 Å². The van der Waals surface area contributed by atoms with E-state index in [2.05, 4.69) is 26.7 Å². The van der Waals surface area contributed by atoms with Crippen LogP contribution in [0.4, 0.5) is 5.69 Å². The number of pyridine rings is 1. The molecule has 0 aliphatic carbocycles. The highest BCUT2D eigenvalue weighted by atomic mass is 35.5. The van der Waals surface area contributed by atoms with Crippen LogP contribution in [0.2, 0.25) is 5.02 Å². The Labute approximate surface area is 166 Å². The number of amides is 1. The van der Waals surface area contributed by atoms with Crippen LogP contribution in [0, 0.1) is 0 Å². The standard InChI is InChI=1S/C20H17ClN4OS/c1-3-25-19(26)18(27-20(25)23-16-8-9-22-11-15(16)21)10-13-12-24(2)17-7-5-4-6-14(13)17/h4-12H,3H2,1-2H3/b18-10-,23-20?. The molecule has 1 amide bonds. The molecule has 1 aliphatic rings. The predicted octanol–water partition coefficient (Wildman–Crippen LogP) is 4.85. The fourth-order valence-corrected chi connectivity index (χ4v) is 4.27. The number of nitrogens with zero attached hydrogens (tertiary/aromatic N) is 4. The molecule has 1 fully saturated rings. The lowest BCUT2D eigenvalue weighted by Crippen LogP contribution is -2.28. The predicted molar refractivity (Wildman–Crippen MR) is 112 cm³/mol. The first-order chi connectivity index (χ1) is 13.1. The molecule has 0 N–H and O–H groups in total. The normalized spacial score (nSPS) is 17.6. The zero-order chi connectivity index (χ0) is 19.0. The van der Waals surface area contributed by atoms with Crippen molar-refractivity contribution in [2.45, 2.75) is 6.92 Å². The Hall–Kier alpha value is -2.57. The third kappa shape index (κ3) is 3.26. The van der Waals surface area contributed by atoms with E-state index in [1.165, 1.54) is 11.8 Å². The molecule has 27 heavy (non-hydrogen) atoms. The lowest BCUT2D eigenvalue weighted by Gasteiger charge is -2.12. The smallest absolute Gasteiger partial charge is 0.266 e. The highest BCUT2D eigenvalue weighted by Crippen LogP contribution is 2.36. The maximum atomic E-state index is 12.9. The Morgan fingerprint density at radius 3 is 2.89 bits per heavy atom. The molecular weight excluding hydrogens is 380 g/mol. The summed E-state index contributed by atoms with van der Waals surface area (Å²) >= 11 is 7.53. The van der Waals surface area contributed by atoms with Crippen LogP contribution in [0.3, 0.4) is 0 Å². The molecule has 3 heterocycles. The van der Waals surface area contributed by atoms with Crippen molar-refractivity contribution in [1.82, 2.24) is 14.5 Å². The van der Waals surface area contributed by atoms with Crippen molar-refractivity contribution in [3.8, 4) is 0 Å². The SMILES string of the molecule is CCN1C(=O)/C(=C/c2cn(C)c3ccccc23)SC1=Nc1ccncc1Cl. The molecule has 0 atom stereocenters. The largest absolute Gasteiger partial charge is 0.350 e. The highest BCUT2D eigenvalue weighted by Gasteiger charge is 2.32. The molecule has 2 aromatic heterocycles. The number of rotatable bonds is 3. The molecular formula is C20H17ClN4OS. The first-order valence-electron chi connectivity index (χ1n) is 8.52. The number of aliphatic imine (C=N–C) groups is 1. The van der Waals surface area contributed by atoms with E-state index in [0.29, 0.717) is 27.3 Å². The highest BCUT2D eigenvalue weighted by molar-refractivity contribution is 8.18. The van der Waals surface area contributed by atoms with Gasteiger partial charge in [-0.15, -0.1) is 0 Å². The number of fused-ring (bicyclic) bond motifs is 1. The maximum absolute atomic E-state index is 12.9. The summed E-state index contributed by atoms with van der Waals surface area (Å²) in [5.74, 6) is -0.0423. The van der Waals surface area contributed by atoms with Gasteiger partial charge in [0.2, 0.25) is 0 Å². The van der Waals surface area contributed by atoms with Gasteiger partial charge in [-0.25, -0.2) is 4.99 Å². The van der Waals surface area contributed by atoms with E-state index in [1.54, 1.807) is 23.4 Å². The van der Waals surface area contributed by atoms with Crippen molar-refractivity contribution < 1.29 is 4.79 Å². The van der Waals surface area contributed by atoms with Gasteiger partial charge in [-0.1, -0.05) is 29.8 Å². The summed E-state index contributed by atoms with van der Waals surface area (Å²) in [5, 5.41) is 2.20. The molecule has 3 aromatic rings. The number of aryl methyl sites for hydroxylation is 1. The average molecular weight is 397 g/mol. The van der Waals surface area contributed by atoms with Crippen LogP contribution >= 0.6 is 23.4 Å². The molecule has 4 rings (SSSR count). The molecule has 0 unspecified atom stereocenters. The monoisotopic (exact) mass is 396 g/mol. The summed E-state index contributed by atoms with van der Waals surface area (Å²) in [7, 11) is 2.00. The lowest BCUT2D eigenvalue weighted by atomic mass is 10.1. The van der Waals surface area contributed by atoms with Gasteiger partial charge in [-0.2, -0.15) is 0 Å². The molecule has 136 valence electrons. The van der Waals surface area contributed by atoms with Crippen molar-refractivity contribution in [1.29, 1.82) is 0 Å². The van der Waals surface area contributed by atoms with Gasteiger partial charge in [0.05, 0.1) is 15.6 Å². The van der Waals surface area contributed by atoms with Gasteiger partial charge in [0.15, 0.2) is 5.17 Å². The Morgan fingerprint density at radius 2 is 2.11 bits per heavy atom. The second kappa shape index (κ2) is 7.21. The number of benzene rings is 1. The second-order valence-electron chi connectivity index (χ2n) is 6.09. The first-order valence-corrected chi connectivity index (χ1v) is 9.71. The number of likely N-dealkylation sites (N-methyl/N-ethyl adjacent to an activating group) is 1. The molecule has 0 radical (unpaired) electrons. The van der Waals surface area contributed by atoms with Gasteiger partial charge >= 0.3 is 0 Å². The van der Waals surface area contributed by atoms with E-state index in [4.69, 9.17) is 11.6 Å². The minimum atomic E-state index is -0.0423. The van der Waals surface area contributed by atoms with Crippen molar-refractivity contribution in [3.05, 3.63) is 64.4 Å². The summed E-state index contributed by atoms with van der Waals surface area (Å²) in [5.41, 5.74) is 2.75. The second-order valence-corrected chi connectivity index (χ2v) is 7.51. The van der Waals surface area contributed by atoms with Crippen LogP contribution in [-0.2, 0) is 11.8 Å².